The highest BCUT2D eigenvalue weighted by Gasteiger charge is 2.29. The third-order valence-electron chi connectivity index (χ3n) is 3.51. The number of carboxylic acids is 1. The molecule has 108 valence electrons. The molecule has 0 atom stereocenters. The van der Waals surface area contributed by atoms with Gasteiger partial charge in [0, 0.05) is 18.3 Å². The van der Waals surface area contributed by atoms with Crippen molar-refractivity contribution in [3.8, 4) is 0 Å². The third kappa shape index (κ3) is 2.97. The van der Waals surface area contributed by atoms with E-state index in [9.17, 15) is 9.59 Å². The molecule has 1 N–H and O–H groups in total. The summed E-state index contributed by atoms with van der Waals surface area (Å²) in [6.07, 6.45) is 3.33. The summed E-state index contributed by atoms with van der Waals surface area (Å²) in [4.78, 5) is 25.1. The maximum absolute atomic E-state index is 12.6. The van der Waals surface area contributed by atoms with Gasteiger partial charge in [-0.3, -0.25) is 4.79 Å². The number of carbonyl (C=O) groups is 2. The quantitative estimate of drug-likeness (QED) is 0.916. The predicted molar refractivity (Wildman–Crippen MR) is 76.5 cm³/mol. The number of aromatic carboxylic acids is 1. The zero-order valence-electron chi connectivity index (χ0n) is 11.4. The molecule has 0 bridgehead atoms. The number of para-hydroxylation sites is 1. The van der Waals surface area contributed by atoms with Gasteiger partial charge in [-0.05, 0) is 30.9 Å². The van der Waals surface area contributed by atoms with Crippen LogP contribution in [0, 0.1) is 5.92 Å². The monoisotopic (exact) mass is 285 g/mol. The Morgan fingerprint density at radius 2 is 1.95 bits per heavy atom. The molecule has 0 unspecified atom stereocenters. The van der Waals surface area contributed by atoms with E-state index in [1.54, 1.807) is 4.90 Å². The number of carbonyl (C=O) groups excluding carboxylic acids is 1. The Hall–Kier alpha value is -2.56. The summed E-state index contributed by atoms with van der Waals surface area (Å²) in [6, 6.07) is 10.6. The first kappa shape index (κ1) is 13.4. The Morgan fingerprint density at radius 3 is 2.52 bits per heavy atom. The number of carboxylic acid groups (broad SMARTS) is 1. The molecule has 0 aliphatic heterocycles. The topological polar surface area (TPSA) is 70.7 Å². The van der Waals surface area contributed by atoms with Crippen LogP contribution >= 0.6 is 0 Å². The number of hydrogen-bond donors (Lipinski definition) is 1. The fourth-order valence-electron chi connectivity index (χ4n) is 2.17. The molecule has 0 saturated heterocycles. The number of furan rings is 1. The van der Waals surface area contributed by atoms with E-state index < -0.39 is 5.97 Å². The van der Waals surface area contributed by atoms with Crippen molar-refractivity contribution in [2.24, 2.45) is 5.92 Å². The Labute approximate surface area is 121 Å². The molecular formula is C16H15NO4. The molecule has 5 nitrogen and oxygen atoms in total. The van der Waals surface area contributed by atoms with Gasteiger partial charge in [0.2, 0.25) is 0 Å². The van der Waals surface area contributed by atoms with Crippen molar-refractivity contribution in [1.82, 2.24) is 0 Å². The second kappa shape index (κ2) is 5.44. The average molecular weight is 285 g/mol. The van der Waals surface area contributed by atoms with Crippen LogP contribution in [0.25, 0.3) is 0 Å². The van der Waals surface area contributed by atoms with E-state index in [0.717, 1.165) is 24.8 Å². The number of rotatable bonds is 5. The summed E-state index contributed by atoms with van der Waals surface area (Å²) >= 11 is 0. The molecule has 0 radical (unpaired) electrons. The molecule has 1 heterocycles. The average Bonchev–Trinajstić information content (AvgIpc) is 3.17. The van der Waals surface area contributed by atoms with Gasteiger partial charge >= 0.3 is 5.97 Å². The Balaban J connectivity index is 1.87. The smallest absolute Gasteiger partial charge is 0.338 e. The van der Waals surface area contributed by atoms with Crippen molar-refractivity contribution in [1.29, 1.82) is 0 Å². The second-order valence-corrected chi connectivity index (χ2v) is 5.20. The van der Waals surface area contributed by atoms with Crippen LogP contribution in [0.3, 0.4) is 0 Å². The van der Waals surface area contributed by atoms with E-state index >= 15 is 0 Å². The molecule has 1 aliphatic carbocycles. The highest BCUT2D eigenvalue weighted by Crippen LogP contribution is 2.32. The molecule has 1 aromatic heterocycles. The molecule has 1 fully saturated rings. The van der Waals surface area contributed by atoms with Crippen molar-refractivity contribution in [2.75, 3.05) is 11.4 Å². The lowest BCUT2D eigenvalue weighted by molar-refractivity contribution is 0.0696. The van der Waals surface area contributed by atoms with Gasteiger partial charge in [0.25, 0.3) is 5.91 Å². The zero-order chi connectivity index (χ0) is 14.8. The van der Waals surface area contributed by atoms with Crippen molar-refractivity contribution >= 4 is 17.6 Å². The van der Waals surface area contributed by atoms with Crippen LogP contribution < -0.4 is 4.90 Å². The van der Waals surface area contributed by atoms with Crippen molar-refractivity contribution in [3.05, 3.63) is 54.0 Å². The van der Waals surface area contributed by atoms with Gasteiger partial charge in [-0.2, -0.15) is 0 Å². The van der Waals surface area contributed by atoms with Crippen LogP contribution in [-0.4, -0.2) is 23.5 Å². The van der Waals surface area contributed by atoms with Gasteiger partial charge in [-0.15, -0.1) is 0 Å². The molecule has 0 spiro atoms. The molecule has 2 aromatic rings. The molecule has 3 rings (SSSR count). The predicted octanol–water partition coefficient (Wildman–Crippen LogP) is 3.03. The minimum absolute atomic E-state index is 0.0159. The second-order valence-electron chi connectivity index (χ2n) is 5.20. The normalized spacial score (nSPS) is 13.9. The third-order valence-corrected chi connectivity index (χ3v) is 3.51. The summed E-state index contributed by atoms with van der Waals surface area (Å²) in [7, 11) is 0. The van der Waals surface area contributed by atoms with Crippen molar-refractivity contribution in [2.45, 2.75) is 12.8 Å². The van der Waals surface area contributed by atoms with E-state index in [4.69, 9.17) is 9.52 Å². The maximum Gasteiger partial charge on any atom is 0.338 e. The van der Waals surface area contributed by atoms with Crippen molar-refractivity contribution in [3.63, 3.8) is 0 Å². The molecule has 5 heteroatoms. The minimum atomic E-state index is -1.11. The lowest BCUT2D eigenvalue weighted by Crippen LogP contribution is -2.32. The Kier molecular flexibility index (Phi) is 3.48. The summed E-state index contributed by atoms with van der Waals surface area (Å²) in [5, 5.41) is 8.91. The first-order valence-electron chi connectivity index (χ1n) is 6.84. The molecule has 1 aromatic carbocycles. The highest BCUT2D eigenvalue weighted by atomic mass is 16.4. The van der Waals surface area contributed by atoms with E-state index in [0.29, 0.717) is 12.5 Å². The van der Waals surface area contributed by atoms with E-state index in [1.165, 1.54) is 6.07 Å². The van der Waals surface area contributed by atoms with E-state index in [2.05, 4.69) is 0 Å². The lowest BCUT2D eigenvalue weighted by atomic mass is 10.2. The first-order chi connectivity index (χ1) is 10.1. The zero-order valence-corrected chi connectivity index (χ0v) is 11.4. The number of hydrogen-bond acceptors (Lipinski definition) is 3. The summed E-state index contributed by atoms with van der Waals surface area (Å²) in [6.45, 7) is 0.631. The highest BCUT2D eigenvalue weighted by molar-refractivity contribution is 6.05. The largest absolute Gasteiger partial charge is 0.478 e. The fraction of sp³-hybridized carbons (Fsp3) is 0.250. The van der Waals surface area contributed by atoms with Gasteiger partial charge < -0.3 is 14.4 Å². The van der Waals surface area contributed by atoms with Crippen LogP contribution in [-0.2, 0) is 0 Å². The van der Waals surface area contributed by atoms with Gasteiger partial charge in [-0.25, -0.2) is 4.79 Å². The minimum Gasteiger partial charge on any atom is -0.478 e. The van der Waals surface area contributed by atoms with Gasteiger partial charge in [0.15, 0.2) is 5.76 Å². The van der Waals surface area contributed by atoms with Gasteiger partial charge in [0.1, 0.15) is 6.26 Å². The molecular weight excluding hydrogens is 270 g/mol. The summed E-state index contributed by atoms with van der Waals surface area (Å²) in [5.74, 6) is -0.841. The first-order valence-corrected chi connectivity index (χ1v) is 6.84. The van der Waals surface area contributed by atoms with Gasteiger partial charge in [0.05, 0.1) is 5.56 Å². The fourth-order valence-corrected chi connectivity index (χ4v) is 2.17. The molecule has 1 amide bonds. The number of amides is 1. The number of nitrogens with zero attached hydrogens (tertiary/aromatic N) is 1. The van der Waals surface area contributed by atoms with Crippen molar-refractivity contribution < 1.29 is 19.1 Å². The Bertz CT molecular complexity index is 658. The van der Waals surface area contributed by atoms with Crippen LogP contribution in [0.2, 0.25) is 0 Å². The lowest BCUT2D eigenvalue weighted by Gasteiger charge is -2.21. The standard InChI is InChI=1S/C16H15NO4/c18-15(14-8-12(10-21-14)16(19)20)17(9-11-6-7-11)13-4-2-1-3-5-13/h1-5,8,10-11H,6-7,9H2,(H,19,20). The molecule has 1 aliphatic rings. The van der Waals surface area contributed by atoms with Gasteiger partial charge in [-0.1, -0.05) is 18.2 Å². The number of benzene rings is 1. The molecule has 21 heavy (non-hydrogen) atoms. The van der Waals surface area contributed by atoms with Crippen LogP contribution in [0.4, 0.5) is 5.69 Å². The SMILES string of the molecule is O=C(O)c1coc(C(=O)N(CC2CC2)c2ccccc2)c1. The maximum atomic E-state index is 12.6. The van der Waals surface area contributed by atoms with E-state index in [-0.39, 0.29) is 17.2 Å². The summed E-state index contributed by atoms with van der Waals surface area (Å²) < 4.78 is 5.12. The van der Waals surface area contributed by atoms with Crippen LogP contribution in [0.5, 0.6) is 0 Å². The van der Waals surface area contributed by atoms with E-state index in [1.807, 2.05) is 30.3 Å². The summed E-state index contributed by atoms with van der Waals surface area (Å²) in [5.41, 5.74) is 0.778. The van der Waals surface area contributed by atoms with Crippen LogP contribution in [0.1, 0.15) is 33.8 Å². The Morgan fingerprint density at radius 1 is 1.24 bits per heavy atom. The van der Waals surface area contributed by atoms with Crippen LogP contribution in [0.15, 0.2) is 47.1 Å². The molecule has 1 saturated carbocycles. The number of anilines is 1.